The number of hydroxylamine groups is 2. The van der Waals surface area contributed by atoms with Gasteiger partial charge in [0.2, 0.25) is 6.20 Å². The SMILES string of the molecule is CCCCn1cc(-c2ccc3c(c2)CC[C@H]([C@](C)(O/N=C(\C(=O)N[C@@H]2C(=O)N(OS(=O)(=O)O)C2(C)C)c2csc(N)n2)C(=O)O)O3)c[n+]1CC1CNC1. The third kappa shape index (κ3) is 7.86. The van der Waals surface area contributed by atoms with Crippen LogP contribution in [-0.4, -0.2) is 92.7 Å². The molecular weight excluding hydrogens is 733 g/mol. The highest BCUT2D eigenvalue weighted by Crippen LogP contribution is 2.37. The zero-order chi connectivity index (χ0) is 38.3. The predicted octanol–water partition coefficient (Wildman–Crippen LogP) is 1.30. The highest BCUT2D eigenvalue weighted by molar-refractivity contribution is 7.80. The Kier molecular flexibility index (Phi) is 10.5. The molecule has 3 aliphatic heterocycles. The van der Waals surface area contributed by atoms with Gasteiger partial charge in [0.15, 0.2) is 23.5 Å². The van der Waals surface area contributed by atoms with Gasteiger partial charge in [-0.2, -0.15) is 18.2 Å². The topological polar surface area (TPSA) is 241 Å². The molecule has 5 heterocycles. The number of aliphatic carboxylic acids is 1. The number of thiazole rings is 1. The van der Waals surface area contributed by atoms with Crippen molar-refractivity contribution in [1.29, 1.82) is 0 Å². The molecule has 0 spiro atoms. The van der Waals surface area contributed by atoms with E-state index in [1.54, 1.807) is 0 Å². The lowest BCUT2D eigenvalue weighted by molar-refractivity contribution is -0.781. The van der Waals surface area contributed by atoms with Crippen LogP contribution in [-0.2, 0) is 53.4 Å². The number of hydrogen-bond acceptors (Lipinski definition) is 13. The van der Waals surface area contributed by atoms with Crippen LogP contribution in [0.4, 0.5) is 5.13 Å². The van der Waals surface area contributed by atoms with Crippen LogP contribution in [0.1, 0.15) is 58.2 Å². The smallest absolute Gasteiger partial charge is 0.418 e. The average molecular weight is 776 g/mol. The number of fused-ring (bicyclic) bond motifs is 1. The molecule has 3 atom stereocenters. The Morgan fingerprint density at radius 3 is 2.66 bits per heavy atom. The third-order valence-corrected chi connectivity index (χ3v) is 10.8. The van der Waals surface area contributed by atoms with E-state index < -0.39 is 57.2 Å². The van der Waals surface area contributed by atoms with Gasteiger partial charge in [-0.3, -0.25) is 14.1 Å². The van der Waals surface area contributed by atoms with Gasteiger partial charge < -0.3 is 31.0 Å². The van der Waals surface area contributed by atoms with E-state index in [9.17, 15) is 27.9 Å². The van der Waals surface area contributed by atoms with Gasteiger partial charge in [0.1, 0.15) is 17.5 Å². The predicted molar refractivity (Wildman–Crippen MR) is 190 cm³/mol. The second kappa shape index (κ2) is 14.7. The number of oxime groups is 1. The van der Waals surface area contributed by atoms with Gasteiger partial charge in [0.05, 0.1) is 23.8 Å². The summed E-state index contributed by atoms with van der Waals surface area (Å²) in [4.78, 5) is 48.7. The molecule has 2 fully saturated rings. The van der Waals surface area contributed by atoms with Crippen LogP contribution in [0.2, 0.25) is 0 Å². The molecule has 2 amide bonds. The number of nitrogens with two attached hydrogens (primary N) is 1. The fraction of sp³-hybridized carbons (Fsp3) is 0.515. The number of anilines is 1. The first-order chi connectivity index (χ1) is 25.0. The van der Waals surface area contributed by atoms with Crippen LogP contribution >= 0.6 is 11.3 Å². The Morgan fingerprint density at radius 1 is 1.30 bits per heavy atom. The molecule has 18 nitrogen and oxygen atoms in total. The largest absolute Gasteiger partial charge is 0.485 e. The number of rotatable bonds is 15. The van der Waals surface area contributed by atoms with Crippen LogP contribution in [0.25, 0.3) is 11.1 Å². The van der Waals surface area contributed by atoms with E-state index in [0.29, 0.717) is 23.2 Å². The number of β-lactam (4-membered cyclic amide) rings is 1. The quantitative estimate of drug-likeness (QED) is 0.0482. The summed E-state index contributed by atoms with van der Waals surface area (Å²) in [5, 5.41) is 22.0. The van der Waals surface area contributed by atoms with Gasteiger partial charge in [-0.1, -0.05) is 24.6 Å². The number of carboxylic acid groups (broad SMARTS) is 1. The summed E-state index contributed by atoms with van der Waals surface area (Å²) in [5.74, 6) is -2.30. The van der Waals surface area contributed by atoms with E-state index in [0.717, 1.165) is 67.0 Å². The van der Waals surface area contributed by atoms with Crippen molar-refractivity contribution in [3.8, 4) is 16.9 Å². The number of hydrogen-bond donors (Lipinski definition) is 5. The number of nitrogens with zero attached hydrogens (tertiary/aromatic N) is 5. The summed E-state index contributed by atoms with van der Waals surface area (Å²) < 4.78 is 46.6. The Balaban J connectivity index is 1.20. The Labute approximate surface area is 309 Å². The van der Waals surface area contributed by atoms with Crippen molar-refractivity contribution in [2.75, 3.05) is 18.8 Å². The molecule has 0 radical (unpaired) electrons. The van der Waals surface area contributed by atoms with E-state index in [-0.39, 0.29) is 17.2 Å². The van der Waals surface area contributed by atoms with E-state index in [2.05, 4.69) is 59.8 Å². The molecule has 286 valence electrons. The summed E-state index contributed by atoms with van der Waals surface area (Å²) in [6.07, 6.45) is 6.19. The number of carboxylic acids is 1. The molecule has 20 heteroatoms. The lowest BCUT2D eigenvalue weighted by atomic mass is 9.84. The Morgan fingerprint density at radius 2 is 2.06 bits per heavy atom. The fourth-order valence-corrected chi connectivity index (χ4v) is 7.42. The van der Waals surface area contributed by atoms with Gasteiger partial charge in [0, 0.05) is 24.4 Å². The molecule has 6 N–H and O–H groups in total. The summed E-state index contributed by atoms with van der Waals surface area (Å²) in [6, 6.07) is 4.48. The molecule has 53 heavy (non-hydrogen) atoms. The standard InChI is InChI=1S/C33H42N8O10S2/c1-5-6-11-39-16-22(17-40(39)15-19-13-35-14-19)20-7-9-24-21(12-20)8-10-25(49-24)33(4,30(44)45)50-38-26(23-18-52-31(34)36-23)28(42)37-27-29(43)41(32(27,2)3)51-53(46,47)48/h7,9,12,16-19,25,27,35H,5-6,8,10-11,13-15H2,1-4H3,(H4-,34,36,37,42,44,45,46,47,48)/p+1/b38-26-/t25-,27-,33+/m1/s1. The van der Waals surface area contributed by atoms with Gasteiger partial charge >= 0.3 is 16.4 Å². The minimum Gasteiger partial charge on any atom is -0.485 e. The molecule has 2 saturated heterocycles. The van der Waals surface area contributed by atoms with Crippen molar-refractivity contribution in [2.45, 2.75) is 89.8 Å². The van der Waals surface area contributed by atoms with Crippen molar-refractivity contribution >= 4 is 50.4 Å². The molecule has 0 aliphatic carbocycles. The van der Waals surface area contributed by atoms with Crippen LogP contribution in [0.5, 0.6) is 5.75 Å². The zero-order valence-electron chi connectivity index (χ0n) is 29.6. The number of aryl methyl sites for hydroxylation is 2. The Bertz CT molecular complexity index is 2040. The summed E-state index contributed by atoms with van der Waals surface area (Å²) in [7, 11) is -5.03. The van der Waals surface area contributed by atoms with Crippen molar-refractivity contribution in [3.05, 3.63) is 47.2 Å². The van der Waals surface area contributed by atoms with Gasteiger partial charge in [0.25, 0.3) is 17.4 Å². The number of benzene rings is 1. The number of aromatic nitrogens is 3. The van der Waals surface area contributed by atoms with Crippen molar-refractivity contribution in [1.82, 2.24) is 25.4 Å². The van der Waals surface area contributed by atoms with Crippen LogP contribution in [0.3, 0.4) is 0 Å². The Hall–Kier alpha value is -4.63. The number of carbonyl (C=O) groups excluding carboxylic acids is 2. The summed E-state index contributed by atoms with van der Waals surface area (Å²) in [5.41, 5.74) is 4.71. The van der Waals surface area contributed by atoms with Crippen molar-refractivity contribution < 1.29 is 51.0 Å². The minimum atomic E-state index is -5.03. The first-order valence-electron chi connectivity index (χ1n) is 17.1. The number of carbonyl (C=O) groups is 3. The zero-order valence-corrected chi connectivity index (χ0v) is 31.3. The number of ether oxygens (including phenoxy) is 1. The van der Waals surface area contributed by atoms with Gasteiger partial charge in [-0.05, 0) is 63.3 Å². The molecule has 3 aromatic rings. The number of nitrogens with one attached hydrogen (secondary N) is 2. The highest BCUT2D eigenvalue weighted by Gasteiger charge is 2.58. The van der Waals surface area contributed by atoms with Crippen molar-refractivity contribution in [2.24, 2.45) is 11.1 Å². The maximum atomic E-state index is 13.5. The van der Waals surface area contributed by atoms with Gasteiger partial charge in [-0.25, -0.2) is 9.78 Å². The van der Waals surface area contributed by atoms with E-state index in [1.807, 2.05) is 12.1 Å². The number of amides is 2. The van der Waals surface area contributed by atoms with E-state index >= 15 is 0 Å². The lowest BCUT2D eigenvalue weighted by Gasteiger charge is -2.50. The summed E-state index contributed by atoms with van der Waals surface area (Å²) in [6.45, 7) is 10.1. The molecule has 0 bridgehead atoms. The fourth-order valence-electron chi connectivity index (χ4n) is 6.42. The van der Waals surface area contributed by atoms with Crippen LogP contribution in [0, 0.1) is 5.92 Å². The first kappa shape index (κ1) is 38.1. The maximum Gasteiger partial charge on any atom is 0.418 e. The number of unbranched alkanes of at least 4 members (excludes halogenated alkanes) is 1. The molecule has 3 aliphatic rings. The van der Waals surface area contributed by atoms with Gasteiger partial charge in [-0.15, -0.1) is 20.3 Å². The molecular formula is C33H43N8O10S2+. The molecule has 0 unspecified atom stereocenters. The maximum absolute atomic E-state index is 13.5. The molecule has 0 saturated carbocycles. The normalized spacial score (nSPS) is 21.1. The van der Waals surface area contributed by atoms with Crippen LogP contribution in [0.15, 0.2) is 41.1 Å². The molecule has 6 rings (SSSR count). The summed E-state index contributed by atoms with van der Waals surface area (Å²) >= 11 is 0.981. The van der Waals surface area contributed by atoms with E-state index in [1.165, 1.54) is 26.2 Å². The average Bonchev–Trinajstić information content (AvgIpc) is 3.71. The molecule has 1 aromatic carbocycles. The monoisotopic (exact) mass is 775 g/mol. The second-order valence-electron chi connectivity index (χ2n) is 14.1. The number of nitrogen functional groups attached to an aromatic ring is 1. The third-order valence-electron chi connectivity index (χ3n) is 9.76. The minimum absolute atomic E-state index is 0.0648. The highest BCUT2D eigenvalue weighted by atomic mass is 32.3. The van der Waals surface area contributed by atoms with E-state index in [4.69, 9.17) is 19.9 Å². The second-order valence-corrected chi connectivity index (χ2v) is 15.9. The van der Waals surface area contributed by atoms with Crippen molar-refractivity contribution in [3.63, 3.8) is 0 Å². The lowest BCUT2D eigenvalue weighted by Crippen LogP contribution is -2.76. The molecule has 2 aromatic heterocycles. The first-order valence-corrected chi connectivity index (χ1v) is 19.4. The van der Waals surface area contributed by atoms with Crippen LogP contribution < -0.4 is 25.8 Å².